The molecule has 0 aliphatic heterocycles. The lowest BCUT2D eigenvalue weighted by atomic mass is 10.0. The monoisotopic (exact) mass is 317 g/mol. The molecule has 1 N–H and O–H groups in total. The van der Waals surface area contributed by atoms with Gasteiger partial charge in [-0.1, -0.05) is 30.3 Å². The van der Waals surface area contributed by atoms with Crippen LogP contribution in [0.5, 0.6) is 0 Å². The fourth-order valence-electron chi connectivity index (χ4n) is 1.80. The number of hydrogen-bond acceptors (Lipinski definition) is 4. The highest BCUT2D eigenvalue weighted by Crippen LogP contribution is 2.23. The number of carbonyl (C=O) groups excluding carboxylic acids is 1. The summed E-state index contributed by atoms with van der Waals surface area (Å²) in [6.07, 6.45) is 0.326. The number of hydrogen-bond donors (Lipinski definition) is 1. The second-order valence-corrected chi connectivity index (χ2v) is 7.03. The highest BCUT2D eigenvalue weighted by Gasteiger charge is 2.21. The van der Waals surface area contributed by atoms with Crippen molar-refractivity contribution in [2.45, 2.75) is 25.8 Å². The summed E-state index contributed by atoms with van der Waals surface area (Å²) in [4.78, 5) is 18.7. The van der Waals surface area contributed by atoms with Gasteiger partial charge in [-0.25, -0.2) is 4.98 Å². The van der Waals surface area contributed by atoms with Gasteiger partial charge in [0.15, 0.2) is 0 Å². The Hall–Kier alpha value is -1.72. The van der Waals surface area contributed by atoms with E-state index in [1.54, 1.807) is 11.3 Å². The van der Waals surface area contributed by atoms with Crippen LogP contribution >= 0.6 is 11.3 Å². The van der Waals surface area contributed by atoms with Crippen LogP contribution in [0.2, 0.25) is 0 Å². The summed E-state index contributed by atoms with van der Waals surface area (Å²) in [5.74, 6) is 0.0137. The fraction of sp³-hybridized carbons (Fsp3) is 0.412. The number of thiazole rings is 1. The second kappa shape index (κ2) is 7.03. The van der Waals surface area contributed by atoms with Gasteiger partial charge in [0, 0.05) is 23.0 Å². The molecule has 118 valence electrons. The standard InChI is InChI=1S/C17H23N3OS/c1-17(2,20(3)4)12-18-15(21)10-14-11-22-16(19-14)13-8-6-5-7-9-13/h5-9,11H,10,12H2,1-4H3,(H,18,21). The molecule has 1 aromatic heterocycles. The maximum atomic E-state index is 12.1. The first-order valence-corrected chi connectivity index (χ1v) is 8.20. The van der Waals surface area contributed by atoms with Gasteiger partial charge in [0.25, 0.3) is 0 Å². The van der Waals surface area contributed by atoms with Crippen molar-refractivity contribution in [3.05, 3.63) is 41.4 Å². The summed E-state index contributed by atoms with van der Waals surface area (Å²) in [6, 6.07) is 10.0. The maximum absolute atomic E-state index is 12.1. The van der Waals surface area contributed by atoms with Crippen LogP contribution in [0.3, 0.4) is 0 Å². The zero-order valence-corrected chi connectivity index (χ0v) is 14.4. The van der Waals surface area contributed by atoms with Crippen LogP contribution in [0.4, 0.5) is 0 Å². The molecule has 0 saturated heterocycles. The van der Waals surface area contributed by atoms with Crippen molar-refractivity contribution >= 4 is 17.2 Å². The van der Waals surface area contributed by atoms with E-state index >= 15 is 0 Å². The fourth-order valence-corrected chi connectivity index (χ4v) is 2.63. The molecule has 2 rings (SSSR count). The van der Waals surface area contributed by atoms with E-state index in [4.69, 9.17) is 0 Å². The SMILES string of the molecule is CN(C)C(C)(C)CNC(=O)Cc1csc(-c2ccccc2)n1. The predicted octanol–water partition coefficient (Wildman–Crippen LogP) is 2.81. The molecule has 5 heteroatoms. The molecule has 0 aliphatic carbocycles. The number of benzene rings is 1. The molecule has 1 heterocycles. The Balaban J connectivity index is 1.92. The zero-order valence-electron chi connectivity index (χ0n) is 13.6. The molecule has 0 fully saturated rings. The van der Waals surface area contributed by atoms with Crippen LogP contribution in [0.1, 0.15) is 19.5 Å². The molecular formula is C17H23N3OS. The normalized spacial score (nSPS) is 11.7. The van der Waals surface area contributed by atoms with Crippen molar-refractivity contribution in [1.82, 2.24) is 15.2 Å². The Morgan fingerprint density at radius 1 is 1.27 bits per heavy atom. The number of rotatable bonds is 6. The second-order valence-electron chi connectivity index (χ2n) is 6.17. The van der Waals surface area contributed by atoms with Gasteiger partial charge in [-0.2, -0.15) is 0 Å². The zero-order chi connectivity index (χ0) is 16.2. The highest BCUT2D eigenvalue weighted by molar-refractivity contribution is 7.13. The van der Waals surface area contributed by atoms with Crippen LogP contribution < -0.4 is 5.32 Å². The van der Waals surface area contributed by atoms with Gasteiger partial charge >= 0.3 is 0 Å². The quantitative estimate of drug-likeness (QED) is 0.891. The molecule has 0 bridgehead atoms. The smallest absolute Gasteiger partial charge is 0.226 e. The van der Waals surface area contributed by atoms with E-state index in [9.17, 15) is 4.79 Å². The summed E-state index contributed by atoms with van der Waals surface area (Å²) in [6.45, 7) is 4.82. The van der Waals surface area contributed by atoms with Gasteiger partial charge in [-0.3, -0.25) is 4.79 Å². The number of nitrogens with one attached hydrogen (secondary N) is 1. The summed E-state index contributed by atoms with van der Waals surface area (Å²) in [5.41, 5.74) is 1.85. The Kier molecular flexibility index (Phi) is 5.32. The average molecular weight is 317 g/mol. The van der Waals surface area contributed by atoms with Gasteiger partial charge in [0.05, 0.1) is 12.1 Å². The summed E-state index contributed by atoms with van der Waals surface area (Å²) in [5, 5.41) is 5.90. The van der Waals surface area contributed by atoms with Crippen molar-refractivity contribution in [1.29, 1.82) is 0 Å². The Bertz CT molecular complexity index is 620. The van der Waals surface area contributed by atoms with E-state index in [0.717, 1.165) is 16.3 Å². The molecule has 0 atom stereocenters. The van der Waals surface area contributed by atoms with E-state index < -0.39 is 0 Å². The van der Waals surface area contributed by atoms with Crippen LogP contribution in [-0.2, 0) is 11.2 Å². The van der Waals surface area contributed by atoms with E-state index in [1.165, 1.54) is 0 Å². The van der Waals surface area contributed by atoms with Gasteiger partial charge in [0.2, 0.25) is 5.91 Å². The first-order valence-electron chi connectivity index (χ1n) is 7.32. The van der Waals surface area contributed by atoms with Crippen molar-refractivity contribution in [3.63, 3.8) is 0 Å². The molecule has 0 saturated carbocycles. The Labute approximate surface area is 136 Å². The van der Waals surface area contributed by atoms with Gasteiger partial charge in [0.1, 0.15) is 5.01 Å². The number of aromatic nitrogens is 1. The van der Waals surface area contributed by atoms with Crippen LogP contribution in [0.25, 0.3) is 10.6 Å². The predicted molar refractivity (Wildman–Crippen MR) is 92.0 cm³/mol. The molecule has 2 aromatic rings. The maximum Gasteiger partial charge on any atom is 0.226 e. The van der Waals surface area contributed by atoms with Crippen LogP contribution in [-0.4, -0.2) is 42.0 Å². The van der Waals surface area contributed by atoms with Crippen LogP contribution in [0, 0.1) is 0 Å². The summed E-state index contributed by atoms with van der Waals surface area (Å²) < 4.78 is 0. The summed E-state index contributed by atoms with van der Waals surface area (Å²) in [7, 11) is 4.03. The molecular weight excluding hydrogens is 294 g/mol. The third-order valence-electron chi connectivity index (χ3n) is 3.84. The molecule has 0 unspecified atom stereocenters. The lowest BCUT2D eigenvalue weighted by Gasteiger charge is -2.32. The number of carbonyl (C=O) groups is 1. The summed E-state index contributed by atoms with van der Waals surface area (Å²) >= 11 is 1.57. The third-order valence-corrected chi connectivity index (χ3v) is 4.78. The molecule has 0 radical (unpaired) electrons. The largest absolute Gasteiger partial charge is 0.354 e. The van der Waals surface area contributed by atoms with Gasteiger partial charge < -0.3 is 10.2 Å². The van der Waals surface area contributed by atoms with E-state index in [0.29, 0.717) is 13.0 Å². The highest BCUT2D eigenvalue weighted by atomic mass is 32.1. The van der Waals surface area contributed by atoms with Crippen molar-refractivity contribution in [2.75, 3.05) is 20.6 Å². The van der Waals surface area contributed by atoms with Crippen LogP contribution in [0.15, 0.2) is 35.7 Å². The topological polar surface area (TPSA) is 45.2 Å². The molecule has 4 nitrogen and oxygen atoms in total. The van der Waals surface area contributed by atoms with Crippen molar-refractivity contribution in [3.8, 4) is 10.6 Å². The number of nitrogens with zero attached hydrogens (tertiary/aromatic N) is 2. The number of likely N-dealkylation sites (N-methyl/N-ethyl adjacent to an activating group) is 1. The first kappa shape index (κ1) is 16.6. The molecule has 0 aliphatic rings. The van der Waals surface area contributed by atoms with Crippen molar-refractivity contribution in [2.24, 2.45) is 0 Å². The van der Waals surface area contributed by atoms with Crippen molar-refractivity contribution < 1.29 is 4.79 Å². The molecule has 0 spiro atoms. The third kappa shape index (κ3) is 4.39. The van der Waals surface area contributed by atoms with E-state index in [-0.39, 0.29) is 11.4 Å². The molecule has 1 aromatic carbocycles. The minimum Gasteiger partial charge on any atom is -0.354 e. The average Bonchev–Trinajstić information content (AvgIpc) is 2.94. The van der Waals surface area contributed by atoms with E-state index in [1.807, 2.05) is 49.8 Å². The van der Waals surface area contributed by atoms with E-state index in [2.05, 4.69) is 29.0 Å². The molecule has 1 amide bonds. The Morgan fingerprint density at radius 2 is 1.95 bits per heavy atom. The van der Waals surface area contributed by atoms with Gasteiger partial charge in [-0.15, -0.1) is 11.3 Å². The Morgan fingerprint density at radius 3 is 2.59 bits per heavy atom. The number of amides is 1. The minimum atomic E-state index is -0.0626. The van der Waals surface area contributed by atoms with Gasteiger partial charge in [-0.05, 0) is 27.9 Å². The first-order chi connectivity index (χ1) is 10.4. The minimum absolute atomic E-state index is 0.0137. The molecule has 22 heavy (non-hydrogen) atoms. The lowest BCUT2D eigenvalue weighted by molar-refractivity contribution is -0.121. The lowest BCUT2D eigenvalue weighted by Crippen LogP contribution is -2.48.